The largest absolute Gasteiger partial charge is 0.460 e. The number of carbonyl (C=O) groups is 2. The molecule has 7 heteroatoms. The molecule has 1 heterocycles. The van der Waals surface area contributed by atoms with Gasteiger partial charge in [-0.25, -0.2) is 4.79 Å². The van der Waals surface area contributed by atoms with Crippen LogP contribution in [0, 0.1) is 0 Å². The van der Waals surface area contributed by atoms with Crippen molar-refractivity contribution < 1.29 is 14.3 Å². The average Bonchev–Trinajstić information content (AvgIpc) is 3.14. The van der Waals surface area contributed by atoms with Crippen LogP contribution < -0.4 is 11.1 Å². The summed E-state index contributed by atoms with van der Waals surface area (Å²) in [5, 5.41) is 6.98. The van der Waals surface area contributed by atoms with E-state index in [0.29, 0.717) is 23.8 Å². The second-order valence-electron chi connectivity index (χ2n) is 4.91. The number of nitrogens with zero attached hydrogens (tertiary/aromatic N) is 2. The van der Waals surface area contributed by atoms with Gasteiger partial charge < -0.3 is 15.8 Å². The van der Waals surface area contributed by atoms with Gasteiger partial charge in [-0.15, -0.1) is 0 Å². The van der Waals surface area contributed by atoms with Crippen molar-refractivity contribution in [2.75, 3.05) is 12.3 Å². The number of aryl methyl sites for hydroxylation is 2. The van der Waals surface area contributed by atoms with Crippen LogP contribution in [0.5, 0.6) is 0 Å². The van der Waals surface area contributed by atoms with E-state index in [9.17, 15) is 9.59 Å². The molecule has 110 valence electrons. The molecule has 0 aromatic carbocycles. The quantitative estimate of drug-likeness (QED) is 0.734. The number of hydrogen-bond donors (Lipinski definition) is 2. The van der Waals surface area contributed by atoms with Crippen molar-refractivity contribution in [2.24, 2.45) is 7.05 Å². The van der Waals surface area contributed by atoms with E-state index in [1.165, 1.54) is 4.68 Å². The number of carbonyl (C=O) groups excluding carboxylic acids is 2. The molecule has 0 radical (unpaired) electrons. The number of nitrogens with one attached hydrogen (secondary N) is 1. The van der Waals surface area contributed by atoms with Crippen LogP contribution >= 0.6 is 0 Å². The molecule has 0 saturated heterocycles. The lowest BCUT2D eigenvalue weighted by molar-refractivity contribution is -0.121. The molecule has 1 saturated carbocycles. The average molecular weight is 280 g/mol. The number of nitrogen functional groups attached to an aromatic ring is 1. The number of aromatic nitrogens is 2. The van der Waals surface area contributed by atoms with Crippen LogP contribution in [0.15, 0.2) is 0 Å². The molecule has 1 aromatic rings. The summed E-state index contributed by atoms with van der Waals surface area (Å²) in [6, 6.07) is 0.318. The van der Waals surface area contributed by atoms with Crippen molar-refractivity contribution in [1.29, 1.82) is 0 Å². The summed E-state index contributed by atoms with van der Waals surface area (Å²) in [5.74, 6) is -0.635. The maximum Gasteiger partial charge on any atom is 0.358 e. The Hall–Kier alpha value is -2.05. The van der Waals surface area contributed by atoms with Crippen LogP contribution in [0.2, 0.25) is 0 Å². The molecule has 0 unspecified atom stereocenters. The minimum absolute atomic E-state index is 0.0451. The summed E-state index contributed by atoms with van der Waals surface area (Å²) in [7, 11) is 1.64. The van der Waals surface area contributed by atoms with Crippen molar-refractivity contribution >= 4 is 17.6 Å². The Labute approximate surface area is 117 Å². The molecular formula is C13H20N4O3. The number of anilines is 1. The molecule has 0 bridgehead atoms. The summed E-state index contributed by atoms with van der Waals surface area (Å²) in [5.41, 5.74) is 7.12. The zero-order valence-electron chi connectivity index (χ0n) is 11.8. The van der Waals surface area contributed by atoms with E-state index in [4.69, 9.17) is 10.5 Å². The standard InChI is InChI=1S/C13H20N4O3/c1-3-9-11(14)12(17(2)16-9)13(19)20-7-6-10(18)15-8-4-5-8/h8H,3-7,14H2,1-2H3,(H,15,18). The molecule has 1 amide bonds. The molecule has 3 N–H and O–H groups in total. The highest BCUT2D eigenvalue weighted by Gasteiger charge is 2.24. The number of hydrogen-bond acceptors (Lipinski definition) is 5. The van der Waals surface area contributed by atoms with Gasteiger partial charge in [0.1, 0.15) is 6.61 Å². The van der Waals surface area contributed by atoms with Crippen LogP contribution in [-0.2, 0) is 23.0 Å². The highest BCUT2D eigenvalue weighted by atomic mass is 16.5. The van der Waals surface area contributed by atoms with Gasteiger partial charge in [-0.3, -0.25) is 9.48 Å². The summed E-state index contributed by atoms with van der Waals surface area (Å²) in [6.45, 7) is 1.96. The Kier molecular flexibility index (Phi) is 4.26. The minimum Gasteiger partial charge on any atom is -0.460 e. The number of ether oxygens (including phenoxy) is 1. The number of amides is 1. The van der Waals surface area contributed by atoms with Crippen molar-refractivity contribution in [2.45, 2.75) is 38.6 Å². The van der Waals surface area contributed by atoms with E-state index in [1.807, 2.05) is 6.92 Å². The maximum absolute atomic E-state index is 11.9. The molecule has 2 rings (SSSR count). The highest BCUT2D eigenvalue weighted by Crippen LogP contribution is 2.19. The van der Waals surface area contributed by atoms with Crippen LogP contribution in [-0.4, -0.2) is 34.3 Å². The first-order valence-electron chi connectivity index (χ1n) is 6.80. The van der Waals surface area contributed by atoms with E-state index >= 15 is 0 Å². The molecule has 20 heavy (non-hydrogen) atoms. The monoisotopic (exact) mass is 280 g/mol. The molecule has 1 fully saturated rings. The third-order valence-corrected chi connectivity index (χ3v) is 3.19. The Bertz CT molecular complexity index is 520. The number of nitrogens with two attached hydrogens (primary N) is 1. The van der Waals surface area contributed by atoms with E-state index in [0.717, 1.165) is 12.8 Å². The lowest BCUT2D eigenvalue weighted by Gasteiger charge is -2.06. The molecule has 0 aliphatic heterocycles. The molecule has 0 atom stereocenters. The van der Waals surface area contributed by atoms with Gasteiger partial charge in [0.25, 0.3) is 0 Å². The first-order chi connectivity index (χ1) is 9.52. The van der Waals surface area contributed by atoms with Crippen LogP contribution in [0.4, 0.5) is 5.69 Å². The SMILES string of the molecule is CCc1nn(C)c(C(=O)OCCC(=O)NC2CC2)c1N. The van der Waals surface area contributed by atoms with Gasteiger partial charge >= 0.3 is 5.97 Å². The number of rotatable bonds is 6. The van der Waals surface area contributed by atoms with Gasteiger partial charge in [0, 0.05) is 13.1 Å². The summed E-state index contributed by atoms with van der Waals surface area (Å²) < 4.78 is 6.50. The first kappa shape index (κ1) is 14.4. The fraction of sp³-hybridized carbons (Fsp3) is 0.615. The lowest BCUT2D eigenvalue weighted by atomic mass is 10.2. The van der Waals surface area contributed by atoms with Gasteiger partial charge in [-0.05, 0) is 19.3 Å². The highest BCUT2D eigenvalue weighted by molar-refractivity contribution is 5.94. The Balaban J connectivity index is 1.85. The number of esters is 1. The summed E-state index contributed by atoms with van der Waals surface area (Å²) in [6.07, 6.45) is 2.89. The van der Waals surface area contributed by atoms with Crippen molar-refractivity contribution in [3.63, 3.8) is 0 Å². The smallest absolute Gasteiger partial charge is 0.358 e. The van der Waals surface area contributed by atoms with E-state index in [2.05, 4.69) is 10.4 Å². The fourth-order valence-corrected chi connectivity index (χ4v) is 1.93. The van der Waals surface area contributed by atoms with Gasteiger partial charge in [-0.2, -0.15) is 5.10 Å². The van der Waals surface area contributed by atoms with Gasteiger partial charge in [0.2, 0.25) is 5.91 Å². The topological polar surface area (TPSA) is 99.2 Å². The van der Waals surface area contributed by atoms with E-state index < -0.39 is 5.97 Å². The maximum atomic E-state index is 11.9. The Morgan fingerprint density at radius 2 is 2.20 bits per heavy atom. The molecule has 0 spiro atoms. The third kappa shape index (κ3) is 3.28. The molecule has 1 aromatic heterocycles. The van der Waals surface area contributed by atoms with Crippen LogP contribution in [0.1, 0.15) is 42.4 Å². The van der Waals surface area contributed by atoms with Crippen molar-refractivity contribution in [3.8, 4) is 0 Å². The third-order valence-electron chi connectivity index (χ3n) is 3.19. The van der Waals surface area contributed by atoms with Gasteiger partial charge in [0.15, 0.2) is 5.69 Å². The van der Waals surface area contributed by atoms with Gasteiger partial charge in [0.05, 0.1) is 17.8 Å². The second kappa shape index (κ2) is 5.94. The van der Waals surface area contributed by atoms with E-state index in [1.54, 1.807) is 7.05 Å². The first-order valence-corrected chi connectivity index (χ1v) is 6.80. The van der Waals surface area contributed by atoms with Gasteiger partial charge in [-0.1, -0.05) is 6.92 Å². The predicted molar refractivity (Wildman–Crippen MR) is 73.1 cm³/mol. The molecular weight excluding hydrogens is 260 g/mol. The van der Waals surface area contributed by atoms with Crippen LogP contribution in [0.3, 0.4) is 0 Å². The molecule has 1 aliphatic carbocycles. The lowest BCUT2D eigenvalue weighted by Crippen LogP contribution is -2.27. The Morgan fingerprint density at radius 3 is 2.75 bits per heavy atom. The fourth-order valence-electron chi connectivity index (χ4n) is 1.93. The summed E-state index contributed by atoms with van der Waals surface area (Å²) in [4.78, 5) is 23.4. The van der Waals surface area contributed by atoms with Crippen LogP contribution in [0.25, 0.3) is 0 Å². The molecule has 1 aliphatic rings. The normalized spacial score (nSPS) is 14.1. The predicted octanol–water partition coefficient (Wildman–Crippen LogP) is 0.390. The Morgan fingerprint density at radius 1 is 1.50 bits per heavy atom. The molecule has 7 nitrogen and oxygen atoms in total. The minimum atomic E-state index is -0.545. The summed E-state index contributed by atoms with van der Waals surface area (Å²) >= 11 is 0. The van der Waals surface area contributed by atoms with Crippen molar-refractivity contribution in [1.82, 2.24) is 15.1 Å². The zero-order chi connectivity index (χ0) is 14.7. The van der Waals surface area contributed by atoms with Crippen molar-refractivity contribution in [3.05, 3.63) is 11.4 Å². The van der Waals surface area contributed by atoms with E-state index in [-0.39, 0.29) is 24.6 Å². The second-order valence-corrected chi connectivity index (χ2v) is 4.91. The zero-order valence-corrected chi connectivity index (χ0v) is 11.8.